The zero-order valence-corrected chi connectivity index (χ0v) is 21.9. The maximum atomic E-state index is 4.14. The van der Waals surface area contributed by atoms with Crippen LogP contribution in [0.15, 0.2) is 43.0 Å². The van der Waals surface area contributed by atoms with Crippen LogP contribution in [0.3, 0.4) is 0 Å². The van der Waals surface area contributed by atoms with Gasteiger partial charge >= 0.3 is 0 Å². The van der Waals surface area contributed by atoms with Crippen molar-refractivity contribution in [2.45, 2.75) is 122 Å². The van der Waals surface area contributed by atoms with Crippen molar-refractivity contribution in [2.75, 3.05) is 14.1 Å². The SMILES string of the molecule is C=CC(CCCCCCCCCCCCCCCCC)[N+](C)(C)Cc1ccccc1.[Cl-]. The molecule has 0 aliphatic heterocycles. The lowest BCUT2D eigenvalue weighted by Crippen LogP contribution is -3.00. The van der Waals surface area contributed by atoms with Crippen LogP contribution in [0.4, 0.5) is 0 Å². The summed E-state index contributed by atoms with van der Waals surface area (Å²) in [5.74, 6) is 0. The highest BCUT2D eigenvalue weighted by atomic mass is 35.5. The van der Waals surface area contributed by atoms with Crippen molar-refractivity contribution in [2.24, 2.45) is 0 Å². The largest absolute Gasteiger partial charge is 1.00 e. The standard InChI is InChI=1S/C29H52N.ClH/c1-5-7-8-9-10-11-12-13-14-15-16-17-18-19-23-26-29(6-2)30(3,4)27-28-24-21-20-22-25-28;/h6,20-22,24-25,29H,2,5,7-19,23,26-27H2,1,3-4H3;1H/q+1;/p-1. The van der Waals surface area contributed by atoms with E-state index in [0.717, 1.165) is 11.0 Å². The van der Waals surface area contributed by atoms with Crippen LogP contribution in [0.5, 0.6) is 0 Å². The first-order chi connectivity index (χ1) is 14.6. The maximum Gasteiger partial charge on any atom is 0.107 e. The van der Waals surface area contributed by atoms with Crippen LogP contribution in [0.2, 0.25) is 0 Å². The highest BCUT2D eigenvalue weighted by Gasteiger charge is 2.25. The molecule has 0 saturated carbocycles. The molecule has 0 aromatic heterocycles. The van der Waals surface area contributed by atoms with Gasteiger partial charge in [-0.3, -0.25) is 0 Å². The van der Waals surface area contributed by atoms with Gasteiger partial charge in [-0.25, -0.2) is 0 Å². The summed E-state index contributed by atoms with van der Waals surface area (Å²) in [6.45, 7) is 7.52. The van der Waals surface area contributed by atoms with Crippen LogP contribution in [-0.2, 0) is 6.54 Å². The van der Waals surface area contributed by atoms with Gasteiger partial charge in [-0.1, -0.05) is 134 Å². The first kappa shape index (κ1) is 30.2. The number of rotatable bonds is 20. The molecule has 0 heterocycles. The lowest BCUT2D eigenvalue weighted by atomic mass is 10.0. The molecule has 1 atom stereocenters. The van der Waals surface area contributed by atoms with Crippen molar-refractivity contribution < 1.29 is 16.9 Å². The molecule has 1 unspecified atom stereocenters. The summed E-state index contributed by atoms with van der Waals surface area (Å²) in [4.78, 5) is 0. The third-order valence-corrected chi connectivity index (χ3v) is 6.71. The third kappa shape index (κ3) is 15.6. The normalized spacial score (nSPS) is 12.4. The summed E-state index contributed by atoms with van der Waals surface area (Å²) in [6, 6.07) is 11.4. The van der Waals surface area contributed by atoms with Crippen LogP contribution in [0, 0.1) is 0 Å². The predicted molar refractivity (Wildman–Crippen MR) is 136 cm³/mol. The van der Waals surface area contributed by atoms with Crippen molar-refractivity contribution in [1.29, 1.82) is 0 Å². The summed E-state index contributed by atoms with van der Waals surface area (Å²) in [5.41, 5.74) is 1.42. The minimum Gasteiger partial charge on any atom is -1.00 e. The zero-order valence-electron chi connectivity index (χ0n) is 21.1. The van der Waals surface area contributed by atoms with Crippen molar-refractivity contribution in [3.8, 4) is 0 Å². The Kier molecular flexibility index (Phi) is 19.4. The van der Waals surface area contributed by atoms with E-state index >= 15 is 0 Å². The highest BCUT2D eigenvalue weighted by Crippen LogP contribution is 2.20. The minimum atomic E-state index is 0. The first-order valence-corrected chi connectivity index (χ1v) is 13.1. The van der Waals surface area contributed by atoms with Crippen LogP contribution in [0.25, 0.3) is 0 Å². The quantitative estimate of drug-likeness (QED) is 0.128. The van der Waals surface area contributed by atoms with Crippen molar-refractivity contribution in [3.05, 3.63) is 48.6 Å². The second kappa shape index (κ2) is 19.9. The fourth-order valence-corrected chi connectivity index (χ4v) is 4.65. The minimum absolute atomic E-state index is 0. The monoisotopic (exact) mass is 449 g/mol. The number of nitrogens with zero attached hydrogens (tertiary/aromatic N) is 1. The molecule has 0 aliphatic rings. The molecule has 1 rings (SSSR count). The molecule has 0 bridgehead atoms. The molecular formula is C29H52ClN. The topological polar surface area (TPSA) is 0 Å². The van der Waals surface area contributed by atoms with Crippen molar-refractivity contribution >= 4 is 0 Å². The second-order valence-electron chi connectivity index (χ2n) is 9.96. The summed E-state index contributed by atoms with van der Waals surface area (Å²) in [7, 11) is 4.70. The summed E-state index contributed by atoms with van der Waals surface area (Å²) >= 11 is 0. The smallest absolute Gasteiger partial charge is 0.107 e. The van der Waals surface area contributed by atoms with Crippen LogP contribution < -0.4 is 12.4 Å². The summed E-state index contributed by atoms with van der Waals surface area (Å²) in [5, 5.41) is 0. The predicted octanol–water partition coefficient (Wildman–Crippen LogP) is 6.08. The Morgan fingerprint density at radius 1 is 0.710 bits per heavy atom. The molecule has 1 aromatic rings. The van der Waals surface area contributed by atoms with Gasteiger partial charge in [-0.2, -0.15) is 0 Å². The Balaban J connectivity index is 0.00000900. The molecular weight excluding hydrogens is 398 g/mol. The maximum absolute atomic E-state index is 4.14. The Labute approximate surface area is 201 Å². The van der Waals surface area contributed by atoms with E-state index in [2.05, 4.69) is 64.0 Å². The highest BCUT2D eigenvalue weighted by molar-refractivity contribution is 5.13. The molecule has 0 spiro atoms. The Hall–Kier alpha value is -0.790. The van der Waals surface area contributed by atoms with Gasteiger partial charge in [-0.05, 0) is 12.5 Å². The van der Waals surface area contributed by atoms with Gasteiger partial charge in [0.15, 0.2) is 0 Å². The van der Waals surface area contributed by atoms with Gasteiger partial charge in [0.05, 0.1) is 14.1 Å². The van der Waals surface area contributed by atoms with E-state index < -0.39 is 0 Å². The number of hydrogen-bond acceptors (Lipinski definition) is 0. The number of benzene rings is 1. The van der Waals surface area contributed by atoms with Crippen LogP contribution in [-0.4, -0.2) is 24.6 Å². The molecule has 180 valence electrons. The molecule has 0 fully saturated rings. The average Bonchev–Trinajstić information content (AvgIpc) is 2.73. The number of likely N-dealkylation sites (N-methyl/N-ethyl adjacent to an activating group) is 1. The molecule has 1 aromatic carbocycles. The van der Waals surface area contributed by atoms with Gasteiger partial charge in [0.2, 0.25) is 0 Å². The van der Waals surface area contributed by atoms with Gasteiger partial charge in [0.25, 0.3) is 0 Å². The Bertz CT molecular complexity index is 511. The summed E-state index contributed by atoms with van der Waals surface area (Å²) < 4.78 is 1.01. The lowest BCUT2D eigenvalue weighted by Gasteiger charge is -2.37. The van der Waals surface area contributed by atoms with Crippen LogP contribution >= 0.6 is 0 Å². The average molecular weight is 450 g/mol. The van der Waals surface area contributed by atoms with Gasteiger partial charge in [-0.15, -0.1) is 0 Å². The number of hydrogen-bond donors (Lipinski definition) is 0. The molecule has 0 saturated heterocycles. The second-order valence-corrected chi connectivity index (χ2v) is 9.96. The van der Waals surface area contributed by atoms with E-state index in [-0.39, 0.29) is 12.4 Å². The molecule has 0 amide bonds. The third-order valence-electron chi connectivity index (χ3n) is 6.71. The molecule has 1 nitrogen and oxygen atoms in total. The summed E-state index contributed by atoms with van der Waals surface area (Å²) in [6.07, 6.45) is 24.9. The van der Waals surface area contributed by atoms with Crippen molar-refractivity contribution in [3.63, 3.8) is 0 Å². The van der Waals surface area contributed by atoms with E-state index in [1.165, 1.54) is 108 Å². The fraction of sp³-hybridized carbons (Fsp3) is 0.724. The molecule has 2 heteroatoms. The van der Waals surface area contributed by atoms with E-state index in [9.17, 15) is 0 Å². The van der Waals surface area contributed by atoms with Crippen LogP contribution in [0.1, 0.15) is 115 Å². The van der Waals surface area contributed by atoms with Crippen molar-refractivity contribution in [1.82, 2.24) is 0 Å². The fourth-order valence-electron chi connectivity index (χ4n) is 4.65. The molecule has 0 aliphatic carbocycles. The number of unbranched alkanes of at least 4 members (excludes halogenated alkanes) is 14. The number of halogens is 1. The molecule has 31 heavy (non-hydrogen) atoms. The van der Waals surface area contributed by atoms with E-state index in [1.54, 1.807) is 0 Å². The van der Waals surface area contributed by atoms with Gasteiger partial charge in [0.1, 0.15) is 12.6 Å². The Morgan fingerprint density at radius 2 is 1.13 bits per heavy atom. The zero-order chi connectivity index (χ0) is 21.9. The Morgan fingerprint density at radius 3 is 1.55 bits per heavy atom. The van der Waals surface area contributed by atoms with Gasteiger partial charge in [0, 0.05) is 12.0 Å². The molecule has 0 radical (unpaired) electrons. The number of quaternary nitrogens is 1. The van der Waals surface area contributed by atoms with Gasteiger partial charge < -0.3 is 16.9 Å². The van der Waals surface area contributed by atoms with E-state index in [4.69, 9.17) is 0 Å². The van der Waals surface area contributed by atoms with E-state index in [0.29, 0.717) is 6.04 Å². The molecule has 0 N–H and O–H groups in total. The van der Waals surface area contributed by atoms with E-state index in [1.807, 2.05) is 0 Å². The lowest BCUT2D eigenvalue weighted by molar-refractivity contribution is -0.921. The first-order valence-electron chi connectivity index (χ1n) is 13.1.